The minimum absolute atomic E-state index is 0.666. The molecule has 0 atom stereocenters. The summed E-state index contributed by atoms with van der Waals surface area (Å²) in [4.78, 5) is 21.0. The molecule has 6 heterocycles. The van der Waals surface area contributed by atoms with E-state index < -0.39 is 0 Å². The Morgan fingerprint density at radius 2 is 1.73 bits per heavy atom. The fourth-order valence-electron chi connectivity index (χ4n) is 3.71. The minimum atomic E-state index is 0.666. The van der Waals surface area contributed by atoms with Crippen LogP contribution in [0.3, 0.4) is 0 Å². The van der Waals surface area contributed by atoms with Crippen LogP contribution < -0.4 is 0 Å². The molecule has 0 radical (unpaired) electrons. The second-order valence-corrected chi connectivity index (χ2v) is 6.98. The van der Waals surface area contributed by atoms with Gasteiger partial charge in [0.2, 0.25) is 0 Å². The maximum absolute atomic E-state index is 4.52. The highest BCUT2D eigenvalue weighted by atomic mass is 15.2. The van der Waals surface area contributed by atoms with Crippen LogP contribution in [0.5, 0.6) is 0 Å². The number of fused-ring (bicyclic) bond motifs is 2. The fourth-order valence-corrected chi connectivity index (χ4v) is 3.71. The minimum Gasteiger partial charge on any atom is -0.352 e. The van der Waals surface area contributed by atoms with Gasteiger partial charge in [-0.3, -0.25) is 20.1 Å². The molecule has 7 heteroatoms. The highest BCUT2D eigenvalue weighted by Crippen LogP contribution is 2.33. The van der Waals surface area contributed by atoms with E-state index in [2.05, 4.69) is 47.2 Å². The Balaban J connectivity index is 1.52. The zero-order valence-corrected chi connectivity index (χ0v) is 15.7. The standard InChI is InChI=1S/C23H15N7/c1-2-7-26-19(5-1)18-12-25-13-21-16(18)9-20(28-21)22-17-8-15(11-27-23(17)30-29-22)14-4-3-6-24-10-14/h1-13,28H,(H,27,29,30). The molecule has 30 heavy (non-hydrogen) atoms. The average molecular weight is 389 g/mol. The van der Waals surface area contributed by atoms with Gasteiger partial charge in [-0.25, -0.2) is 4.98 Å². The lowest BCUT2D eigenvalue weighted by atomic mass is 10.1. The Hall–Kier alpha value is -4.39. The molecule has 142 valence electrons. The lowest BCUT2D eigenvalue weighted by Gasteiger charge is -2.01. The summed E-state index contributed by atoms with van der Waals surface area (Å²) in [5, 5.41) is 9.51. The molecule has 0 fully saturated rings. The lowest BCUT2D eigenvalue weighted by molar-refractivity contribution is 1.10. The van der Waals surface area contributed by atoms with Crippen LogP contribution in [0.25, 0.3) is 55.7 Å². The Morgan fingerprint density at radius 3 is 2.60 bits per heavy atom. The Morgan fingerprint density at radius 1 is 0.733 bits per heavy atom. The van der Waals surface area contributed by atoms with Crippen LogP contribution >= 0.6 is 0 Å². The van der Waals surface area contributed by atoms with Crippen LogP contribution in [0.1, 0.15) is 0 Å². The third kappa shape index (κ3) is 2.64. The SMILES string of the molecule is c1ccc(-c2cncc3[nH]c(-c4[nH]nc5ncc(-c6cccnc6)cc45)cc23)nc1. The van der Waals surface area contributed by atoms with Gasteiger partial charge < -0.3 is 4.98 Å². The van der Waals surface area contributed by atoms with Gasteiger partial charge in [0.15, 0.2) is 5.65 Å². The highest BCUT2D eigenvalue weighted by molar-refractivity contribution is 6.00. The molecule has 7 nitrogen and oxygen atoms in total. The molecule has 0 aliphatic carbocycles. The summed E-state index contributed by atoms with van der Waals surface area (Å²) in [6.07, 6.45) is 10.9. The van der Waals surface area contributed by atoms with Gasteiger partial charge in [-0.15, -0.1) is 0 Å². The summed E-state index contributed by atoms with van der Waals surface area (Å²) in [6, 6.07) is 14.0. The van der Waals surface area contributed by atoms with Gasteiger partial charge >= 0.3 is 0 Å². The van der Waals surface area contributed by atoms with Gasteiger partial charge in [-0.05, 0) is 30.3 Å². The number of nitrogens with one attached hydrogen (secondary N) is 2. The molecule has 0 aliphatic rings. The maximum atomic E-state index is 4.52. The van der Waals surface area contributed by atoms with E-state index in [4.69, 9.17) is 0 Å². The fraction of sp³-hybridized carbons (Fsp3) is 0. The molecule has 0 spiro atoms. The molecule has 0 amide bonds. The highest BCUT2D eigenvalue weighted by Gasteiger charge is 2.15. The van der Waals surface area contributed by atoms with E-state index in [-0.39, 0.29) is 0 Å². The van der Waals surface area contributed by atoms with Crippen molar-refractivity contribution in [3.05, 3.63) is 79.6 Å². The summed E-state index contributed by atoms with van der Waals surface area (Å²) in [5.41, 5.74) is 7.27. The van der Waals surface area contributed by atoms with Crippen LogP contribution in [-0.2, 0) is 0 Å². The van der Waals surface area contributed by atoms with Gasteiger partial charge in [0.25, 0.3) is 0 Å². The maximum Gasteiger partial charge on any atom is 0.181 e. The zero-order valence-electron chi connectivity index (χ0n) is 15.7. The van der Waals surface area contributed by atoms with E-state index >= 15 is 0 Å². The first kappa shape index (κ1) is 16.6. The van der Waals surface area contributed by atoms with E-state index in [9.17, 15) is 0 Å². The van der Waals surface area contributed by atoms with Crippen molar-refractivity contribution in [1.29, 1.82) is 0 Å². The van der Waals surface area contributed by atoms with Gasteiger partial charge in [0.1, 0.15) is 0 Å². The van der Waals surface area contributed by atoms with E-state index in [0.717, 1.165) is 50.1 Å². The molecule has 0 aliphatic heterocycles. The second-order valence-electron chi connectivity index (χ2n) is 6.98. The van der Waals surface area contributed by atoms with Crippen molar-refractivity contribution >= 4 is 21.9 Å². The normalized spacial score (nSPS) is 11.3. The van der Waals surface area contributed by atoms with E-state index in [0.29, 0.717) is 5.65 Å². The third-order valence-corrected chi connectivity index (χ3v) is 5.16. The summed E-state index contributed by atoms with van der Waals surface area (Å²) in [7, 11) is 0. The van der Waals surface area contributed by atoms with Crippen molar-refractivity contribution in [3.8, 4) is 33.8 Å². The summed E-state index contributed by atoms with van der Waals surface area (Å²) >= 11 is 0. The number of rotatable bonds is 3. The molecular weight excluding hydrogens is 374 g/mol. The molecule has 6 rings (SSSR count). The number of H-pyrrole nitrogens is 2. The third-order valence-electron chi connectivity index (χ3n) is 5.16. The van der Waals surface area contributed by atoms with Crippen LogP contribution in [-0.4, -0.2) is 35.1 Å². The molecule has 0 saturated heterocycles. The van der Waals surface area contributed by atoms with Crippen LogP contribution in [0.4, 0.5) is 0 Å². The van der Waals surface area contributed by atoms with Gasteiger partial charge in [0.05, 0.1) is 28.8 Å². The Kier molecular flexibility index (Phi) is 3.64. The predicted octanol–water partition coefficient (Wildman–Crippen LogP) is 4.63. The van der Waals surface area contributed by atoms with Crippen molar-refractivity contribution in [2.75, 3.05) is 0 Å². The molecule has 0 saturated carbocycles. The summed E-state index contributed by atoms with van der Waals surface area (Å²) in [6.45, 7) is 0. The van der Waals surface area contributed by atoms with Gasteiger partial charge in [0, 0.05) is 58.4 Å². The first-order valence-corrected chi connectivity index (χ1v) is 9.50. The molecular formula is C23H15N7. The molecule has 6 aromatic heterocycles. The Bertz CT molecular complexity index is 1480. The first-order valence-electron chi connectivity index (χ1n) is 9.50. The Labute approximate surface area is 170 Å². The number of pyridine rings is 4. The second kappa shape index (κ2) is 6.59. The number of hydrogen-bond acceptors (Lipinski definition) is 5. The van der Waals surface area contributed by atoms with E-state index in [1.807, 2.05) is 55.1 Å². The van der Waals surface area contributed by atoms with Crippen molar-refractivity contribution in [2.45, 2.75) is 0 Å². The van der Waals surface area contributed by atoms with Crippen molar-refractivity contribution < 1.29 is 0 Å². The van der Waals surface area contributed by atoms with Crippen LogP contribution in [0, 0.1) is 0 Å². The average Bonchev–Trinajstić information content (AvgIpc) is 3.43. The number of nitrogens with zero attached hydrogens (tertiary/aromatic N) is 5. The summed E-state index contributed by atoms with van der Waals surface area (Å²) in [5.74, 6) is 0. The van der Waals surface area contributed by atoms with Crippen LogP contribution in [0.2, 0.25) is 0 Å². The first-order chi connectivity index (χ1) is 14.9. The predicted molar refractivity (Wildman–Crippen MR) is 115 cm³/mol. The number of hydrogen-bond donors (Lipinski definition) is 2. The molecule has 2 N–H and O–H groups in total. The van der Waals surface area contributed by atoms with Crippen molar-refractivity contribution in [3.63, 3.8) is 0 Å². The van der Waals surface area contributed by atoms with Gasteiger partial charge in [-0.2, -0.15) is 5.10 Å². The number of aromatic amines is 2. The topological polar surface area (TPSA) is 96.0 Å². The van der Waals surface area contributed by atoms with Crippen molar-refractivity contribution in [2.24, 2.45) is 0 Å². The zero-order chi connectivity index (χ0) is 19.9. The largest absolute Gasteiger partial charge is 0.352 e. The molecule has 0 bridgehead atoms. The van der Waals surface area contributed by atoms with Gasteiger partial charge in [-0.1, -0.05) is 12.1 Å². The summed E-state index contributed by atoms with van der Waals surface area (Å²) < 4.78 is 0. The monoisotopic (exact) mass is 389 g/mol. The van der Waals surface area contributed by atoms with E-state index in [1.165, 1.54) is 0 Å². The molecule has 0 unspecified atom stereocenters. The van der Waals surface area contributed by atoms with Crippen LogP contribution in [0.15, 0.2) is 79.6 Å². The quantitative estimate of drug-likeness (QED) is 0.460. The van der Waals surface area contributed by atoms with Crippen molar-refractivity contribution in [1.82, 2.24) is 35.1 Å². The van der Waals surface area contributed by atoms with E-state index in [1.54, 1.807) is 12.4 Å². The molecule has 0 aromatic carbocycles. The lowest BCUT2D eigenvalue weighted by Crippen LogP contribution is -1.84. The smallest absolute Gasteiger partial charge is 0.181 e. The molecule has 6 aromatic rings. The number of aromatic nitrogens is 7.